The molecule has 7 nitrogen and oxygen atoms in total. The number of rotatable bonds is 4. The molecule has 9 heteroatoms. The molecule has 2 N–H and O–H groups in total. The van der Waals surface area contributed by atoms with Gasteiger partial charge in [-0.1, -0.05) is 32.4 Å². The van der Waals surface area contributed by atoms with Gasteiger partial charge in [0, 0.05) is 12.5 Å². The second-order valence-electron chi connectivity index (χ2n) is 11.7. The maximum absolute atomic E-state index is 13.5. The lowest BCUT2D eigenvalue weighted by molar-refractivity contribution is -0.118. The van der Waals surface area contributed by atoms with E-state index in [0.717, 1.165) is 32.1 Å². The van der Waals surface area contributed by atoms with E-state index in [0.29, 0.717) is 30.6 Å². The summed E-state index contributed by atoms with van der Waals surface area (Å²) in [4.78, 5) is 12.0. The fourth-order valence-corrected chi connectivity index (χ4v) is 10.6. The van der Waals surface area contributed by atoms with Crippen LogP contribution >= 0.6 is 0 Å². The highest BCUT2D eigenvalue weighted by Gasteiger charge is 2.63. The number of carbonyl (C=O) groups excluding carboxylic acids is 1. The summed E-state index contributed by atoms with van der Waals surface area (Å²) in [7, 11) is -7.97. The molecule has 0 heterocycles. The van der Waals surface area contributed by atoms with Crippen molar-refractivity contribution in [2.24, 2.45) is 39.6 Å². The minimum absolute atomic E-state index is 0.0219. The molecule has 0 saturated heterocycles. The summed E-state index contributed by atoms with van der Waals surface area (Å²) in [5, 5.41) is 4.56. The van der Waals surface area contributed by atoms with Gasteiger partial charge in [0.25, 0.3) is 0 Å². The van der Waals surface area contributed by atoms with Crippen LogP contribution in [0.15, 0.2) is 40.8 Å². The van der Waals surface area contributed by atoms with Crippen LogP contribution in [0.5, 0.6) is 5.75 Å². The average molecular weight is 522 g/mol. The fraction of sp³-hybridized carbons (Fsp3) is 0.654. The number of allylic oxidation sites excluding steroid dienone is 1. The van der Waals surface area contributed by atoms with E-state index in [-0.39, 0.29) is 27.8 Å². The minimum atomic E-state index is -4.00. The number of benzene rings is 1. The SMILES string of the molecule is C[C@@H]1CC2=CC(=O)CC[C@]2(C)C2CC[C@@]3(C)C(CC[C@@H]3S(=O)(=O)Oc3cccc(S(N)(=O)=O)c3)C21. The zero-order valence-electron chi connectivity index (χ0n) is 20.6. The Balaban J connectivity index is 1.43. The third kappa shape index (κ3) is 3.98. The van der Waals surface area contributed by atoms with E-state index in [4.69, 9.17) is 9.32 Å². The second kappa shape index (κ2) is 8.15. The molecule has 0 aromatic heterocycles. The number of nitrogens with two attached hydrogens (primary N) is 1. The van der Waals surface area contributed by atoms with Crippen LogP contribution in [0.1, 0.15) is 65.7 Å². The van der Waals surface area contributed by atoms with E-state index < -0.39 is 30.8 Å². The lowest BCUT2D eigenvalue weighted by Gasteiger charge is -2.60. The van der Waals surface area contributed by atoms with Gasteiger partial charge in [-0.3, -0.25) is 4.79 Å². The van der Waals surface area contributed by atoms with Gasteiger partial charge in [-0.2, -0.15) is 8.42 Å². The highest BCUT2D eigenvalue weighted by Crippen LogP contribution is 2.67. The van der Waals surface area contributed by atoms with E-state index >= 15 is 0 Å². The van der Waals surface area contributed by atoms with Crippen LogP contribution in [0.4, 0.5) is 0 Å². The molecule has 3 saturated carbocycles. The molecule has 1 aromatic rings. The van der Waals surface area contributed by atoms with Crippen LogP contribution in [-0.2, 0) is 24.9 Å². The number of carbonyl (C=O) groups is 1. The van der Waals surface area contributed by atoms with Crippen LogP contribution in [-0.4, -0.2) is 27.9 Å². The van der Waals surface area contributed by atoms with Crippen molar-refractivity contribution < 1.29 is 25.8 Å². The van der Waals surface area contributed by atoms with Crippen molar-refractivity contribution in [1.82, 2.24) is 0 Å². The molecule has 0 bridgehead atoms. The van der Waals surface area contributed by atoms with E-state index in [1.807, 2.05) is 6.08 Å². The summed E-state index contributed by atoms with van der Waals surface area (Å²) >= 11 is 0. The van der Waals surface area contributed by atoms with Crippen molar-refractivity contribution in [2.75, 3.05) is 0 Å². The third-order valence-electron chi connectivity index (χ3n) is 9.92. The summed E-state index contributed by atoms with van der Waals surface area (Å²) in [5.74, 6) is 1.74. The zero-order valence-corrected chi connectivity index (χ0v) is 22.2. The first-order valence-electron chi connectivity index (χ1n) is 12.6. The topological polar surface area (TPSA) is 121 Å². The van der Waals surface area contributed by atoms with Crippen LogP contribution in [0, 0.1) is 34.5 Å². The summed E-state index contributed by atoms with van der Waals surface area (Å²) < 4.78 is 56.0. The highest BCUT2D eigenvalue weighted by molar-refractivity contribution is 7.89. The summed E-state index contributed by atoms with van der Waals surface area (Å²) in [6, 6.07) is 5.36. The van der Waals surface area contributed by atoms with Gasteiger partial charge in [0.15, 0.2) is 5.78 Å². The molecule has 1 aromatic carbocycles. The van der Waals surface area contributed by atoms with E-state index in [9.17, 15) is 21.6 Å². The first-order chi connectivity index (χ1) is 16.3. The van der Waals surface area contributed by atoms with Crippen molar-refractivity contribution >= 4 is 25.9 Å². The van der Waals surface area contributed by atoms with Gasteiger partial charge in [0.2, 0.25) is 10.0 Å². The molecule has 7 atom stereocenters. The first-order valence-corrected chi connectivity index (χ1v) is 15.6. The molecule has 3 fully saturated rings. The fourth-order valence-electron chi connectivity index (χ4n) is 8.23. The Labute approximate surface area is 208 Å². The molecule has 5 rings (SSSR count). The molecule has 3 unspecified atom stereocenters. The smallest absolute Gasteiger partial charge is 0.312 e. The van der Waals surface area contributed by atoms with Crippen LogP contribution in [0.2, 0.25) is 0 Å². The molecule has 0 amide bonds. The van der Waals surface area contributed by atoms with E-state index in [1.165, 1.54) is 29.8 Å². The monoisotopic (exact) mass is 521 g/mol. The Kier molecular flexibility index (Phi) is 5.81. The van der Waals surface area contributed by atoms with Gasteiger partial charge in [0.05, 0.1) is 4.90 Å². The summed E-state index contributed by atoms with van der Waals surface area (Å²) in [6.07, 6.45) is 7.40. The van der Waals surface area contributed by atoms with Gasteiger partial charge < -0.3 is 4.18 Å². The standard InChI is InChI=1S/C26H35NO6S2/c1-16-13-17-14-18(28)9-11-25(17,2)22-10-12-26(3)21(24(16)22)7-8-23(26)35(31,32)33-19-5-4-6-20(15-19)34(27,29)30/h4-6,14-16,21-24H,7-13H2,1-3H3,(H2,27,29,30)/t16-,21?,22?,23+,24?,25+,26+/m1/s1. The molecule has 192 valence electrons. The molecule has 4 aliphatic rings. The van der Waals surface area contributed by atoms with Gasteiger partial charge in [-0.15, -0.1) is 0 Å². The minimum Gasteiger partial charge on any atom is -0.382 e. The van der Waals surface area contributed by atoms with Crippen LogP contribution < -0.4 is 9.32 Å². The number of sulfonamides is 1. The lowest BCUT2D eigenvalue weighted by atomic mass is 9.45. The molecular formula is C26H35NO6S2. The summed E-state index contributed by atoms with van der Waals surface area (Å²) in [5.41, 5.74) is 0.911. The van der Waals surface area contributed by atoms with Crippen molar-refractivity contribution in [2.45, 2.75) is 75.9 Å². The van der Waals surface area contributed by atoms with Crippen molar-refractivity contribution in [3.05, 3.63) is 35.9 Å². The molecule has 0 radical (unpaired) electrons. The first kappa shape index (κ1) is 25.0. The number of primary sulfonamides is 1. The maximum Gasteiger partial charge on any atom is 0.312 e. The number of hydrogen-bond donors (Lipinski definition) is 1. The van der Waals surface area contributed by atoms with E-state index in [1.54, 1.807) is 0 Å². The highest BCUT2D eigenvalue weighted by atomic mass is 32.2. The predicted octanol–water partition coefficient (Wildman–Crippen LogP) is 4.19. The van der Waals surface area contributed by atoms with Gasteiger partial charge >= 0.3 is 10.1 Å². The Bertz CT molecular complexity index is 1300. The largest absolute Gasteiger partial charge is 0.382 e. The predicted molar refractivity (Wildman–Crippen MR) is 132 cm³/mol. The Morgan fingerprint density at radius 1 is 1.03 bits per heavy atom. The maximum atomic E-state index is 13.5. The van der Waals surface area contributed by atoms with Crippen LogP contribution in [0.3, 0.4) is 0 Å². The van der Waals surface area contributed by atoms with Crippen molar-refractivity contribution in [1.29, 1.82) is 0 Å². The molecule has 4 aliphatic carbocycles. The Morgan fingerprint density at radius 3 is 2.49 bits per heavy atom. The third-order valence-corrected chi connectivity index (χ3v) is 12.7. The average Bonchev–Trinajstić information content (AvgIpc) is 3.12. The molecule has 35 heavy (non-hydrogen) atoms. The normalized spacial score (nSPS) is 39.3. The van der Waals surface area contributed by atoms with Gasteiger partial charge in [0.1, 0.15) is 11.0 Å². The van der Waals surface area contributed by atoms with Gasteiger partial charge in [-0.05, 0) is 91.2 Å². The molecule has 0 aliphatic heterocycles. The molecular weight excluding hydrogens is 486 g/mol. The lowest BCUT2D eigenvalue weighted by Crippen LogP contribution is -2.54. The Morgan fingerprint density at radius 2 is 1.77 bits per heavy atom. The second-order valence-corrected chi connectivity index (χ2v) is 15.0. The van der Waals surface area contributed by atoms with Gasteiger partial charge in [-0.25, -0.2) is 13.6 Å². The summed E-state index contributed by atoms with van der Waals surface area (Å²) in [6.45, 7) is 6.69. The molecule has 0 spiro atoms. The van der Waals surface area contributed by atoms with Crippen LogP contribution in [0.25, 0.3) is 0 Å². The quantitative estimate of drug-likeness (QED) is 0.593. The Hall–Kier alpha value is -1.71. The number of ketones is 1. The van der Waals surface area contributed by atoms with Crippen molar-refractivity contribution in [3.8, 4) is 5.75 Å². The van der Waals surface area contributed by atoms with Crippen molar-refractivity contribution in [3.63, 3.8) is 0 Å². The number of fused-ring (bicyclic) bond motifs is 5. The zero-order chi connectivity index (χ0) is 25.4. The number of hydrogen-bond acceptors (Lipinski definition) is 6. The van der Waals surface area contributed by atoms with E-state index in [2.05, 4.69) is 20.8 Å².